The summed E-state index contributed by atoms with van der Waals surface area (Å²) < 4.78 is 5.96. The van der Waals surface area contributed by atoms with Gasteiger partial charge in [0, 0.05) is 11.6 Å². The lowest BCUT2D eigenvalue weighted by Crippen LogP contribution is -2.18. The first-order valence-electron chi connectivity index (χ1n) is 6.29. The summed E-state index contributed by atoms with van der Waals surface area (Å²) in [6.45, 7) is 4.56. The van der Waals surface area contributed by atoms with Crippen LogP contribution in [-0.2, 0) is 0 Å². The highest BCUT2D eigenvalue weighted by Crippen LogP contribution is 2.25. The quantitative estimate of drug-likeness (QED) is 0.914. The molecule has 0 saturated carbocycles. The zero-order chi connectivity index (χ0) is 13.8. The number of rotatable bonds is 4. The topological polar surface area (TPSA) is 35.2 Å². The Morgan fingerprint density at radius 1 is 1.11 bits per heavy atom. The molecule has 2 aromatic carbocycles. The third-order valence-corrected chi connectivity index (χ3v) is 3.43. The number of aryl methyl sites for hydroxylation is 2. The Hall–Kier alpha value is -1.51. The second kappa shape index (κ2) is 6.09. The molecule has 0 radical (unpaired) electrons. The molecule has 0 amide bonds. The molecule has 2 aromatic rings. The summed E-state index contributed by atoms with van der Waals surface area (Å²) in [5.41, 5.74) is 9.25. The van der Waals surface area contributed by atoms with Gasteiger partial charge >= 0.3 is 0 Å². The Morgan fingerprint density at radius 3 is 2.53 bits per heavy atom. The number of ether oxygens (including phenoxy) is 1. The predicted octanol–water partition coefficient (Wildman–Crippen LogP) is 4.04. The van der Waals surface area contributed by atoms with Crippen LogP contribution in [0.3, 0.4) is 0 Å². The highest BCUT2D eigenvalue weighted by molar-refractivity contribution is 6.30. The number of benzene rings is 2. The van der Waals surface area contributed by atoms with E-state index in [4.69, 9.17) is 22.1 Å². The first-order valence-corrected chi connectivity index (χ1v) is 6.67. The van der Waals surface area contributed by atoms with Crippen molar-refractivity contribution in [2.45, 2.75) is 20.0 Å². The molecule has 0 saturated heterocycles. The van der Waals surface area contributed by atoms with E-state index >= 15 is 0 Å². The smallest absolute Gasteiger partial charge is 0.136 e. The summed E-state index contributed by atoms with van der Waals surface area (Å²) in [6, 6.07) is 13.7. The van der Waals surface area contributed by atoms with Gasteiger partial charge in [0.05, 0.1) is 0 Å². The van der Waals surface area contributed by atoms with Gasteiger partial charge in [-0.3, -0.25) is 0 Å². The Labute approximate surface area is 119 Å². The Morgan fingerprint density at radius 2 is 1.89 bits per heavy atom. The SMILES string of the molecule is Cc1ccc(OC(CN)c2cccc(Cl)c2)cc1C. The molecule has 0 aliphatic heterocycles. The molecule has 2 nitrogen and oxygen atoms in total. The van der Waals surface area contributed by atoms with Gasteiger partial charge in [0.25, 0.3) is 0 Å². The van der Waals surface area contributed by atoms with Gasteiger partial charge in [-0.1, -0.05) is 29.8 Å². The fourth-order valence-corrected chi connectivity index (χ4v) is 2.11. The monoisotopic (exact) mass is 275 g/mol. The summed E-state index contributed by atoms with van der Waals surface area (Å²) in [7, 11) is 0. The first-order chi connectivity index (χ1) is 9.10. The van der Waals surface area contributed by atoms with Gasteiger partial charge in [-0.2, -0.15) is 0 Å². The van der Waals surface area contributed by atoms with Gasteiger partial charge in [0.15, 0.2) is 0 Å². The number of halogens is 1. The molecule has 1 unspecified atom stereocenters. The highest BCUT2D eigenvalue weighted by Gasteiger charge is 2.12. The molecule has 0 fully saturated rings. The van der Waals surface area contributed by atoms with E-state index in [0.717, 1.165) is 11.3 Å². The van der Waals surface area contributed by atoms with Crippen molar-refractivity contribution in [2.75, 3.05) is 6.54 Å². The van der Waals surface area contributed by atoms with Crippen molar-refractivity contribution in [3.8, 4) is 5.75 Å². The van der Waals surface area contributed by atoms with Gasteiger partial charge in [0.1, 0.15) is 11.9 Å². The van der Waals surface area contributed by atoms with Crippen molar-refractivity contribution in [2.24, 2.45) is 5.73 Å². The lowest BCUT2D eigenvalue weighted by atomic mass is 10.1. The second-order valence-corrected chi connectivity index (χ2v) is 5.08. The van der Waals surface area contributed by atoms with E-state index in [2.05, 4.69) is 19.9 Å². The van der Waals surface area contributed by atoms with E-state index in [0.29, 0.717) is 11.6 Å². The number of hydrogen-bond acceptors (Lipinski definition) is 2. The molecular formula is C16H18ClNO. The summed E-state index contributed by atoms with van der Waals surface area (Å²) >= 11 is 6.00. The van der Waals surface area contributed by atoms with Crippen LogP contribution in [0.5, 0.6) is 5.75 Å². The fourth-order valence-electron chi connectivity index (χ4n) is 1.91. The van der Waals surface area contributed by atoms with Gasteiger partial charge in [-0.05, 0) is 54.8 Å². The van der Waals surface area contributed by atoms with Crippen molar-refractivity contribution in [1.29, 1.82) is 0 Å². The van der Waals surface area contributed by atoms with Crippen LogP contribution in [0, 0.1) is 13.8 Å². The largest absolute Gasteiger partial charge is 0.484 e. The Balaban J connectivity index is 2.21. The molecule has 2 N–H and O–H groups in total. The third kappa shape index (κ3) is 3.49. The Bertz CT molecular complexity index is 568. The normalized spacial score (nSPS) is 12.2. The average molecular weight is 276 g/mol. The van der Waals surface area contributed by atoms with E-state index < -0.39 is 0 Å². The molecule has 100 valence electrons. The van der Waals surface area contributed by atoms with Crippen LogP contribution in [0.25, 0.3) is 0 Å². The van der Waals surface area contributed by atoms with Crippen LogP contribution in [0.15, 0.2) is 42.5 Å². The molecule has 19 heavy (non-hydrogen) atoms. The summed E-state index contributed by atoms with van der Waals surface area (Å²) in [4.78, 5) is 0. The maximum absolute atomic E-state index is 6.00. The minimum absolute atomic E-state index is 0.180. The maximum atomic E-state index is 6.00. The van der Waals surface area contributed by atoms with Gasteiger partial charge < -0.3 is 10.5 Å². The van der Waals surface area contributed by atoms with Crippen molar-refractivity contribution in [1.82, 2.24) is 0 Å². The second-order valence-electron chi connectivity index (χ2n) is 4.64. The van der Waals surface area contributed by atoms with Crippen LogP contribution >= 0.6 is 11.6 Å². The summed E-state index contributed by atoms with van der Waals surface area (Å²) in [5.74, 6) is 0.832. The summed E-state index contributed by atoms with van der Waals surface area (Å²) in [6.07, 6.45) is -0.180. The van der Waals surface area contributed by atoms with Crippen LogP contribution in [-0.4, -0.2) is 6.54 Å². The zero-order valence-corrected chi connectivity index (χ0v) is 11.9. The van der Waals surface area contributed by atoms with Crippen molar-refractivity contribution in [3.05, 3.63) is 64.2 Å². The van der Waals surface area contributed by atoms with E-state index in [-0.39, 0.29) is 6.10 Å². The Kier molecular flexibility index (Phi) is 4.46. The van der Waals surface area contributed by atoms with Crippen LogP contribution in [0.1, 0.15) is 22.8 Å². The number of nitrogens with two attached hydrogens (primary N) is 1. The lowest BCUT2D eigenvalue weighted by Gasteiger charge is -2.18. The van der Waals surface area contributed by atoms with Crippen LogP contribution in [0.2, 0.25) is 5.02 Å². The van der Waals surface area contributed by atoms with Crippen molar-refractivity contribution in [3.63, 3.8) is 0 Å². The molecule has 0 spiro atoms. The van der Waals surface area contributed by atoms with Gasteiger partial charge in [0.2, 0.25) is 0 Å². The van der Waals surface area contributed by atoms with E-state index in [1.165, 1.54) is 11.1 Å². The van der Waals surface area contributed by atoms with Crippen molar-refractivity contribution >= 4 is 11.6 Å². The molecule has 0 heterocycles. The van der Waals surface area contributed by atoms with E-state index in [1.54, 1.807) is 0 Å². The molecule has 0 aliphatic carbocycles. The zero-order valence-electron chi connectivity index (χ0n) is 11.2. The van der Waals surface area contributed by atoms with Gasteiger partial charge in [-0.25, -0.2) is 0 Å². The van der Waals surface area contributed by atoms with Crippen molar-refractivity contribution < 1.29 is 4.74 Å². The highest BCUT2D eigenvalue weighted by atomic mass is 35.5. The molecule has 0 aromatic heterocycles. The molecule has 0 aliphatic rings. The third-order valence-electron chi connectivity index (χ3n) is 3.19. The maximum Gasteiger partial charge on any atom is 0.136 e. The standard InChI is InChI=1S/C16H18ClNO/c1-11-6-7-15(8-12(11)2)19-16(10-18)13-4-3-5-14(17)9-13/h3-9,16H,10,18H2,1-2H3. The summed E-state index contributed by atoms with van der Waals surface area (Å²) in [5, 5.41) is 0.694. The lowest BCUT2D eigenvalue weighted by molar-refractivity contribution is 0.214. The molecule has 1 atom stereocenters. The first kappa shape index (κ1) is 13.9. The van der Waals surface area contributed by atoms with Gasteiger partial charge in [-0.15, -0.1) is 0 Å². The average Bonchev–Trinajstić information content (AvgIpc) is 2.40. The predicted molar refractivity (Wildman–Crippen MR) is 79.8 cm³/mol. The van der Waals surface area contributed by atoms with E-state index in [9.17, 15) is 0 Å². The minimum atomic E-state index is -0.180. The molecule has 2 rings (SSSR count). The molecule has 3 heteroatoms. The fraction of sp³-hybridized carbons (Fsp3) is 0.250. The minimum Gasteiger partial charge on any atom is -0.484 e. The van der Waals surface area contributed by atoms with E-state index in [1.807, 2.05) is 36.4 Å². The van der Waals surface area contributed by atoms with Crippen LogP contribution < -0.4 is 10.5 Å². The number of hydrogen-bond donors (Lipinski definition) is 1. The molecular weight excluding hydrogens is 258 g/mol. The van der Waals surface area contributed by atoms with Crippen LogP contribution in [0.4, 0.5) is 0 Å². The molecule has 0 bridgehead atoms.